The molecular weight excluding hydrogens is 933 g/mol. The maximum Gasteiger partial charge on any atom is 0.164 e. The third-order valence-electron chi connectivity index (χ3n) is 13.9. The number of rotatable bonds is 8. The van der Waals surface area contributed by atoms with E-state index in [1.807, 2.05) is 134 Å². The van der Waals surface area contributed by atoms with Crippen LogP contribution in [-0.4, -0.2) is 29.1 Å². The highest BCUT2D eigenvalue weighted by molar-refractivity contribution is 6.13. The van der Waals surface area contributed by atoms with Crippen LogP contribution in [0.15, 0.2) is 219 Å². The zero-order valence-electron chi connectivity index (χ0n) is 40.3. The minimum Gasteiger partial charge on any atom is -0.309 e. The van der Waals surface area contributed by atoms with Crippen LogP contribution in [0.4, 0.5) is 0 Å². The predicted molar refractivity (Wildman–Crippen MR) is 298 cm³/mol. The molecule has 0 amide bonds. The first-order valence-corrected chi connectivity index (χ1v) is 24.4. The number of nitriles is 4. The van der Waals surface area contributed by atoms with Crippen molar-refractivity contribution in [2.24, 2.45) is 0 Å². The Labute approximate surface area is 435 Å². The van der Waals surface area contributed by atoms with Crippen molar-refractivity contribution in [3.63, 3.8) is 0 Å². The number of fused-ring (bicyclic) bond motifs is 6. The minimum atomic E-state index is 0.415. The van der Waals surface area contributed by atoms with E-state index in [0.29, 0.717) is 39.7 Å². The predicted octanol–water partition coefficient (Wildman–Crippen LogP) is 14.9. The van der Waals surface area contributed by atoms with Crippen LogP contribution in [0.5, 0.6) is 0 Å². The summed E-state index contributed by atoms with van der Waals surface area (Å²) in [5, 5.41) is 43.6. The van der Waals surface area contributed by atoms with Crippen molar-refractivity contribution in [1.82, 2.24) is 29.1 Å². The molecule has 0 aliphatic heterocycles. The maximum absolute atomic E-state index is 9.91. The number of benzene rings is 9. The molecule has 9 aromatic carbocycles. The topological polar surface area (TPSA) is 157 Å². The normalized spacial score (nSPS) is 11.1. The van der Waals surface area contributed by atoms with Gasteiger partial charge in [-0.05, 0) is 107 Å². The van der Waals surface area contributed by atoms with Crippen LogP contribution in [0.25, 0.3) is 123 Å². The Bertz CT molecular complexity index is 4570. The third kappa shape index (κ3) is 7.64. The summed E-state index contributed by atoms with van der Waals surface area (Å²) < 4.78 is 4.57. The first-order valence-electron chi connectivity index (χ1n) is 24.4. The fourth-order valence-corrected chi connectivity index (χ4v) is 10.5. The molecular formula is C66H36N10. The van der Waals surface area contributed by atoms with Crippen molar-refractivity contribution in [2.75, 3.05) is 0 Å². The summed E-state index contributed by atoms with van der Waals surface area (Å²) in [4.78, 5) is 20.2. The smallest absolute Gasteiger partial charge is 0.164 e. The van der Waals surface area contributed by atoms with Crippen LogP contribution in [0.3, 0.4) is 0 Å². The zero-order valence-corrected chi connectivity index (χ0v) is 40.3. The van der Waals surface area contributed by atoms with Gasteiger partial charge in [0.05, 0.1) is 80.0 Å². The average Bonchev–Trinajstić information content (AvgIpc) is 4.10. The van der Waals surface area contributed by atoms with Gasteiger partial charge in [-0.1, -0.05) is 121 Å². The summed E-state index contributed by atoms with van der Waals surface area (Å²) >= 11 is 0. The van der Waals surface area contributed by atoms with Gasteiger partial charge in [0, 0.05) is 61.8 Å². The van der Waals surface area contributed by atoms with Crippen LogP contribution in [0.2, 0.25) is 0 Å². The lowest BCUT2D eigenvalue weighted by Gasteiger charge is -2.19. The van der Waals surface area contributed by atoms with Gasteiger partial charge in [0.25, 0.3) is 0 Å². The molecule has 10 heteroatoms. The Morgan fingerprint density at radius 2 is 0.724 bits per heavy atom. The molecule has 0 unspecified atom stereocenters. The lowest BCUT2D eigenvalue weighted by molar-refractivity contribution is 1.07. The van der Waals surface area contributed by atoms with Gasteiger partial charge in [0.1, 0.15) is 0 Å². The van der Waals surface area contributed by atoms with Crippen LogP contribution < -0.4 is 0 Å². The van der Waals surface area contributed by atoms with Gasteiger partial charge in [-0.25, -0.2) is 15.0 Å². The Morgan fingerprint density at radius 3 is 1.21 bits per heavy atom. The lowest BCUT2D eigenvalue weighted by Crippen LogP contribution is -2.04. The van der Waals surface area contributed by atoms with E-state index in [2.05, 4.69) is 106 Å². The SMILES string of the molecule is N#Cc1cc(C#N)cc(-c2ccc3c(c2)c2ccccc2n3-c2ccncc2-c2ccc(-c3nc(-c4ccccc4)nc(-c4ccccc4)n3)cc2-n2c3ccccc3c3cc(-c4cc(C#N)cc(C#N)c4)ccc32)c1. The Morgan fingerprint density at radius 1 is 0.303 bits per heavy atom. The van der Waals surface area contributed by atoms with Crippen LogP contribution in [0, 0.1) is 45.3 Å². The molecule has 0 atom stereocenters. The number of para-hydroxylation sites is 2. The van der Waals surface area contributed by atoms with E-state index in [9.17, 15) is 21.0 Å². The molecule has 350 valence electrons. The van der Waals surface area contributed by atoms with Crippen LogP contribution in [-0.2, 0) is 0 Å². The van der Waals surface area contributed by atoms with Crippen LogP contribution in [0.1, 0.15) is 22.3 Å². The Hall–Kier alpha value is -11.3. The van der Waals surface area contributed by atoms with Crippen LogP contribution >= 0.6 is 0 Å². The van der Waals surface area contributed by atoms with Gasteiger partial charge in [-0.3, -0.25) is 4.98 Å². The fraction of sp³-hybridized carbons (Fsp3) is 0. The molecule has 0 saturated carbocycles. The minimum absolute atomic E-state index is 0.415. The Kier molecular flexibility index (Phi) is 10.8. The maximum atomic E-state index is 9.91. The molecule has 4 aromatic heterocycles. The van der Waals surface area contributed by atoms with Crippen molar-refractivity contribution >= 4 is 43.6 Å². The molecule has 13 rings (SSSR count). The molecule has 0 radical (unpaired) electrons. The first kappa shape index (κ1) is 44.6. The molecule has 4 heterocycles. The third-order valence-corrected chi connectivity index (χ3v) is 13.9. The van der Waals surface area contributed by atoms with Gasteiger partial charge in [-0.2, -0.15) is 21.0 Å². The Balaban J connectivity index is 1.07. The zero-order chi connectivity index (χ0) is 51.3. The van der Waals surface area contributed by atoms with E-state index >= 15 is 0 Å². The van der Waals surface area contributed by atoms with Gasteiger partial charge in [-0.15, -0.1) is 0 Å². The highest BCUT2D eigenvalue weighted by atomic mass is 15.0. The van der Waals surface area contributed by atoms with Crippen molar-refractivity contribution in [1.29, 1.82) is 21.0 Å². The summed E-state index contributed by atoms with van der Waals surface area (Å²) in [6.07, 6.45) is 3.74. The first-order chi connectivity index (χ1) is 37.5. The van der Waals surface area contributed by atoms with E-state index in [1.54, 1.807) is 12.1 Å². The molecule has 0 bridgehead atoms. The van der Waals surface area contributed by atoms with E-state index in [0.717, 1.165) is 105 Å². The standard InChI is InChI=1S/C66H36N10/c67-36-41-27-42(37-68)30-50(29-41)47-20-23-60-55(33-47)52-15-7-9-17-58(52)75(60)62-25-26-71-40-57(62)54-22-19-49(66-73-64(45-11-3-1-4-12-45)72-65(74-66)46-13-5-2-6-14-46)35-63(54)76-59-18-10-8-16-53(59)56-34-48(21-24-61(56)76)51-31-43(38-69)28-44(32-51)39-70/h1-35,40H. The molecule has 10 nitrogen and oxygen atoms in total. The number of aromatic nitrogens is 6. The molecule has 0 aliphatic rings. The fourth-order valence-electron chi connectivity index (χ4n) is 10.5. The van der Waals surface area contributed by atoms with E-state index in [4.69, 9.17) is 19.9 Å². The van der Waals surface area contributed by atoms with Gasteiger partial charge < -0.3 is 9.13 Å². The molecule has 0 spiro atoms. The summed E-state index contributed by atoms with van der Waals surface area (Å²) in [6, 6.07) is 76.9. The second-order valence-electron chi connectivity index (χ2n) is 18.4. The molecule has 0 fully saturated rings. The highest BCUT2D eigenvalue weighted by Crippen LogP contribution is 2.43. The quantitative estimate of drug-likeness (QED) is 0.146. The van der Waals surface area contributed by atoms with Crippen molar-refractivity contribution < 1.29 is 0 Å². The summed E-state index contributed by atoms with van der Waals surface area (Å²) in [5.74, 6) is 1.60. The number of hydrogen-bond acceptors (Lipinski definition) is 8. The highest BCUT2D eigenvalue weighted by Gasteiger charge is 2.23. The van der Waals surface area contributed by atoms with Crippen molar-refractivity contribution in [3.8, 4) is 103 Å². The lowest BCUT2D eigenvalue weighted by atomic mass is 9.98. The molecule has 0 aliphatic carbocycles. The van der Waals surface area contributed by atoms with Gasteiger partial charge >= 0.3 is 0 Å². The molecule has 76 heavy (non-hydrogen) atoms. The molecule has 13 aromatic rings. The second kappa shape index (κ2) is 18.4. The summed E-state index contributed by atoms with van der Waals surface area (Å²) in [5.41, 5.74) is 14.8. The monoisotopic (exact) mass is 968 g/mol. The van der Waals surface area contributed by atoms with Crippen molar-refractivity contribution in [3.05, 3.63) is 241 Å². The van der Waals surface area contributed by atoms with E-state index in [1.165, 1.54) is 0 Å². The number of pyridine rings is 1. The summed E-state index contributed by atoms with van der Waals surface area (Å²) in [6.45, 7) is 0. The second-order valence-corrected chi connectivity index (χ2v) is 18.4. The largest absolute Gasteiger partial charge is 0.309 e. The van der Waals surface area contributed by atoms with Gasteiger partial charge in [0.15, 0.2) is 17.5 Å². The summed E-state index contributed by atoms with van der Waals surface area (Å²) in [7, 11) is 0. The average molecular weight is 969 g/mol. The van der Waals surface area contributed by atoms with E-state index in [-0.39, 0.29) is 0 Å². The van der Waals surface area contributed by atoms with Crippen molar-refractivity contribution in [2.45, 2.75) is 0 Å². The van der Waals surface area contributed by atoms with E-state index < -0.39 is 0 Å². The van der Waals surface area contributed by atoms with Gasteiger partial charge in [0.2, 0.25) is 0 Å². The molecule has 0 N–H and O–H groups in total. The number of nitrogens with zero attached hydrogens (tertiary/aromatic N) is 10. The molecule has 0 saturated heterocycles. The number of hydrogen-bond donors (Lipinski definition) is 0.